The molecule has 1 aliphatic heterocycles. The maximum absolute atomic E-state index is 4.87. The molecule has 1 fully saturated rings. The van der Waals surface area contributed by atoms with Gasteiger partial charge in [0.15, 0.2) is 5.96 Å². The summed E-state index contributed by atoms with van der Waals surface area (Å²) in [5, 5.41) is 7.74. The third-order valence-electron chi connectivity index (χ3n) is 4.98. The number of aromatic nitrogens is 3. The molecule has 2 aromatic rings. The van der Waals surface area contributed by atoms with Gasteiger partial charge < -0.3 is 10.2 Å². The van der Waals surface area contributed by atoms with Crippen LogP contribution in [0.25, 0.3) is 0 Å². The molecule has 2 aromatic heterocycles. The first-order valence-corrected chi connectivity index (χ1v) is 9.56. The van der Waals surface area contributed by atoms with Gasteiger partial charge in [0.1, 0.15) is 0 Å². The molecule has 0 saturated carbocycles. The second kappa shape index (κ2) is 10.6. The van der Waals surface area contributed by atoms with Crippen LogP contribution in [0.1, 0.15) is 30.0 Å². The third kappa shape index (κ3) is 6.19. The minimum absolute atomic E-state index is 0. The quantitative estimate of drug-likeness (QED) is 0.391. The Hall–Kier alpha value is -1.64. The van der Waals surface area contributed by atoms with Crippen LogP contribution in [0, 0.1) is 12.8 Å². The van der Waals surface area contributed by atoms with Crippen molar-refractivity contribution in [3.05, 3.63) is 47.5 Å². The number of halogens is 1. The van der Waals surface area contributed by atoms with Crippen LogP contribution in [0.15, 0.2) is 35.8 Å². The summed E-state index contributed by atoms with van der Waals surface area (Å²) in [4.78, 5) is 11.4. The van der Waals surface area contributed by atoms with Crippen LogP contribution in [0.2, 0.25) is 0 Å². The number of hydrogen-bond donors (Lipinski definition) is 1. The van der Waals surface area contributed by atoms with Crippen LogP contribution < -0.4 is 5.32 Å². The van der Waals surface area contributed by atoms with E-state index in [4.69, 9.17) is 4.99 Å². The summed E-state index contributed by atoms with van der Waals surface area (Å²) in [5.41, 5.74) is 3.90. The lowest BCUT2D eigenvalue weighted by Gasteiger charge is -2.21. The maximum Gasteiger partial charge on any atom is 0.193 e. The summed E-state index contributed by atoms with van der Waals surface area (Å²) < 4.78 is 1.88. The summed E-state index contributed by atoms with van der Waals surface area (Å²) in [6, 6.07) is 2.09. The minimum Gasteiger partial charge on any atom is -0.357 e. The van der Waals surface area contributed by atoms with Crippen molar-refractivity contribution in [2.45, 2.75) is 33.1 Å². The molecule has 0 spiro atoms. The van der Waals surface area contributed by atoms with E-state index in [0.29, 0.717) is 5.92 Å². The van der Waals surface area contributed by atoms with Gasteiger partial charge in [-0.2, -0.15) is 5.10 Å². The first-order chi connectivity index (χ1) is 12.7. The molecule has 148 valence electrons. The molecule has 3 rings (SSSR count). The summed E-state index contributed by atoms with van der Waals surface area (Å²) in [7, 11) is 1.98. The second-order valence-corrected chi connectivity index (χ2v) is 7.11. The molecule has 0 aromatic carbocycles. The van der Waals surface area contributed by atoms with Crippen LogP contribution in [0.5, 0.6) is 0 Å². The van der Waals surface area contributed by atoms with Crippen molar-refractivity contribution >= 4 is 29.9 Å². The van der Waals surface area contributed by atoms with Gasteiger partial charge in [0, 0.05) is 51.8 Å². The summed E-state index contributed by atoms with van der Waals surface area (Å²) in [5.74, 6) is 1.72. The Morgan fingerprint density at radius 2 is 2.22 bits per heavy atom. The van der Waals surface area contributed by atoms with Gasteiger partial charge in [0.25, 0.3) is 0 Å². The van der Waals surface area contributed by atoms with E-state index in [9.17, 15) is 0 Å². The summed E-state index contributed by atoms with van der Waals surface area (Å²) in [6.45, 7) is 8.08. The molecule has 1 saturated heterocycles. The lowest BCUT2D eigenvalue weighted by atomic mass is 10.0. The van der Waals surface area contributed by atoms with Crippen molar-refractivity contribution in [2.75, 3.05) is 26.2 Å². The second-order valence-electron chi connectivity index (χ2n) is 7.11. The molecule has 1 N–H and O–H groups in total. The van der Waals surface area contributed by atoms with Crippen molar-refractivity contribution in [3.63, 3.8) is 0 Å². The topological polar surface area (TPSA) is 58.3 Å². The number of aryl methyl sites for hydroxylation is 2. The van der Waals surface area contributed by atoms with E-state index in [2.05, 4.69) is 46.4 Å². The molecular weight excluding hydrogens is 451 g/mol. The fourth-order valence-electron chi connectivity index (χ4n) is 3.59. The predicted molar refractivity (Wildman–Crippen MR) is 121 cm³/mol. The highest BCUT2D eigenvalue weighted by Crippen LogP contribution is 2.20. The number of nitrogens with one attached hydrogen (secondary N) is 1. The van der Waals surface area contributed by atoms with Gasteiger partial charge in [-0.05, 0) is 61.8 Å². The Bertz CT molecular complexity index is 742. The summed E-state index contributed by atoms with van der Waals surface area (Å²) in [6.07, 6.45) is 11.2. The smallest absolute Gasteiger partial charge is 0.193 e. The van der Waals surface area contributed by atoms with E-state index in [-0.39, 0.29) is 24.0 Å². The number of pyridine rings is 1. The van der Waals surface area contributed by atoms with E-state index < -0.39 is 0 Å². The number of guanidine groups is 1. The van der Waals surface area contributed by atoms with E-state index in [0.717, 1.165) is 45.0 Å². The van der Waals surface area contributed by atoms with E-state index >= 15 is 0 Å². The fraction of sp³-hybridized carbons (Fsp3) is 0.550. The first-order valence-electron chi connectivity index (χ1n) is 9.56. The number of hydrogen-bond acceptors (Lipinski definition) is 3. The molecule has 3 heterocycles. The van der Waals surface area contributed by atoms with E-state index in [1.165, 1.54) is 23.1 Å². The van der Waals surface area contributed by atoms with Crippen molar-refractivity contribution < 1.29 is 0 Å². The van der Waals surface area contributed by atoms with Gasteiger partial charge in [-0.15, -0.1) is 24.0 Å². The average Bonchev–Trinajstić information content (AvgIpc) is 3.25. The monoisotopic (exact) mass is 482 g/mol. The molecule has 6 nitrogen and oxygen atoms in total. The molecule has 0 bridgehead atoms. The third-order valence-corrected chi connectivity index (χ3v) is 4.98. The number of rotatable bonds is 6. The van der Waals surface area contributed by atoms with Gasteiger partial charge in [-0.25, -0.2) is 0 Å². The summed E-state index contributed by atoms with van der Waals surface area (Å²) >= 11 is 0. The van der Waals surface area contributed by atoms with Crippen molar-refractivity contribution in [1.82, 2.24) is 25.0 Å². The zero-order valence-corrected chi connectivity index (χ0v) is 18.9. The Kier molecular flexibility index (Phi) is 8.53. The maximum atomic E-state index is 4.87. The van der Waals surface area contributed by atoms with Crippen molar-refractivity contribution in [3.8, 4) is 0 Å². The Morgan fingerprint density at radius 1 is 1.37 bits per heavy atom. The number of aliphatic imine (C=N–C) groups is 1. The molecule has 0 aliphatic carbocycles. The zero-order valence-electron chi connectivity index (χ0n) is 16.6. The van der Waals surface area contributed by atoms with Crippen LogP contribution in [-0.4, -0.2) is 51.8 Å². The molecule has 27 heavy (non-hydrogen) atoms. The normalized spacial score (nSPS) is 17.1. The number of likely N-dealkylation sites (tertiary alicyclic amines) is 1. The van der Waals surface area contributed by atoms with Gasteiger partial charge in [0.05, 0.1) is 6.20 Å². The highest BCUT2D eigenvalue weighted by atomic mass is 127. The van der Waals surface area contributed by atoms with Crippen molar-refractivity contribution in [1.29, 1.82) is 0 Å². The molecule has 7 heteroatoms. The highest BCUT2D eigenvalue weighted by Gasteiger charge is 2.25. The zero-order chi connectivity index (χ0) is 18.4. The largest absolute Gasteiger partial charge is 0.357 e. The lowest BCUT2D eigenvalue weighted by Crippen LogP contribution is -2.40. The Balaban J connectivity index is 0.00000261. The fourth-order valence-corrected chi connectivity index (χ4v) is 3.59. The van der Waals surface area contributed by atoms with Crippen LogP contribution in [0.3, 0.4) is 0 Å². The van der Waals surface area contributed by atoms with Gasteiger partial charge in [0.2, 0.25) is 0 Å². The minimum atomic E-state index is 0. The van der Waals surface area contributed by atoms with Crippen molar-refractivity contribution in [2.24, 2.45) is 18.0 Å². The SMILES string of the molecule is CCNC(=NCCc1ccncc1C)N1CCC(Cc2cnn(C)c2)C1.I. The molecule has 0 amide bonds. The molecular formula is C20H31IN6. The lowest BCUT2D eigenvalue weighted by molar-refractivity contribution is 0.460. The van der Waals surface area contributed by atoms with Gasteiger partial charge in [-0.1, -0.05) is 0 Å². The molecule has 0 radical (unpaired) electrons. The number of nitrogens with zero attached hydrogens (tertiary/aromatic N) is 5. The Labute approximate surface area is 179 Å². The first kappa shape index (κ1) is 21.7. The molecule has 1 unspecified atom stereocenters. The van der Waals surface area contributed by atoms with Crippen LogP contribution >= 0.6 is 24.0 Å². The highest BCUT2D eigenvalue weighted by molar-refractivity contribution is 14.0. The van der Waals surface area contributed by atoms with Gasteiger partial charge >= 0.3 is 0 Å². The van der Waals surface area contributed by atoms with Crippen LogP contribution in [-0.2, 0) is 19.9 Å². The average molecular weight is 482 g/mol. The van der Waals surface area contributed by atoms with E-state index in [1.807, 2.05) is 30.3 Å². The predicted octanol–water partition coefficient (Wildman–Crippen LogP) is 2.81. The standard InChI is InChI=1S/C20H30N6.HI/c1-4-22-20(23-9-6-19-5-8-21-12-16(19)2)26-10-7-17(15-26)11-18-13-24-25(3)14-18;/h5,8,12-14,17H,4,6-7,9-11,15H2,1-3H3,(H,22,23);1H. The Morgan fingerprint density at radius 3 is 2.93 bits per heavy atom. The van der Waals surface area contributed by atoms with Gasteiger partial charge in [-0.3, -0.25) is 14.7 Å². The van der Waals surface area contributed by atoms with Crippen LogP contribution in [0.4, 0.5) is 0 Å². The van der Waals surface area contributed by atoms with E-state index in [1.54, 1.807) is 0 Å². The molecule has 1 aliphatic rings. The molecule has 1 atom stereocenters.